The molecule has 3 heteroatoms. The van der Waals surface area contributed by atoms with Crippen molar-refractivity contribution in [2.75, 3.05) is 11.4 Å². The van der Waals surface area contributed by atoms with E-state index in [4.69, 9.17) is 0 Å². The van der Waals surface area contributed by atoms with E-state index in [1.165, 1.54) is 6.42 Å². The number of benzene rings is 1. The van der Waals surface area contributed by atoms with Crippen LogP contribution in [0.5, 0.6) is 0 Å². The van der Waals surface area contributed by atoms with Gasteiger partial charge in [0.1, 0.15) is 0 Å². The average molecular weight is 270 g/mol. The fourth-order valence-electron chi connectivity index (χ4n) is 4.27. The Morgan fingerprint density at radius 2 is 1.90 bits per heavy atom. The Bertz CT molecular complexity index is 556. The van der Waals surface area contributed by atoms with Gasteiger partial charge in [0.2, 0.25) is 0 Å². The number of hydrogen-bond donors (Lipinski definition) is 0. The first kappa shape index (κ1) is 12.2. The quantitative estimate of drug-likeness (QED) is 0.677. The van der Waals surface area contributed by atoms with E-state index in [9.17, 15) is 4.79 Å². The van der Waals surface area contributed by atoms with Crippen LogP contribution in [-0.4, -0.2) is 35.5 Å². The van der Waals surface area contributed by atoms with Gasteiger partial charge in [-0.05, 0) is 44.2 Å². The highest BCUT2D eigenvalue weighted by Crippen LogP contribution is 2.42. The van der Waals surface area contributed by atoms with Gasteiger partial charge >= 0.3 is 0 Å². The van der Waals surface area contributed by atoms with Crippen molar-refractivity contribution in [1.82, 2.24) is 4.90 Å². The fraction of sp³-hybridized carbons (Fsp3) is 0.588. The summed E-state index contributed by atoms with van der Waals surface area (Å²) in [6.45, 7) is 5.67. The standard InChI is InChI=1S/C17H22N2O/c1-11-7-8-15-16-10-18(16)14-6-4-3-5-13(14)17(20)19(15)12(2)9-11/h3-6,11-12,15-16H,7-10H2,1-2H3. The summed E-state index contributed by atoms with van der Waals surface area (Å²) < 4.78 is 0. The molecule has 4 rings (SSSR count). The maximum atomic E-state index is 13.0. The van der Waals surface area contributed by atoms with Crippen LogP contribution in [0.25, 0.3) is 0 Å². The summed E-state index contributed by atoms with van der Waals surface area (Å²) in [5, 5.41) is 0. The molecule has 3 heterocycles. The number of anilines is 1. The van der Waals surface area contributed by atoms with Gasteiger partial charge in [-0.25, -0.2) is 0 Å². The van der Waals surface area contributed by atoms with E-state index in [2.05, 4.69) is 29.7 Å². The second-order valence-corrected chi connectivity index (χ2v) is 6.78. The highest BCUT2D eigenvalue weighted by molar-refractivity contribution is 6.01. The molecule has 0 radical (unpaired) electrons. The number of carbonyl (C=O) groups excluding carboxylic acids is 1. The van der Waals surface area contributed by atoms with Crippen molar-refractivity contribution >= 4 is 11.6 Å². The molecular weight excluding hydrogens is 248 g/mol. The molecule has 1 amide bonds. The largest absolute Gasteiger partial charge is 0.362 e. The van der Waals surface area contributed by atoms with Crippen LogP contribution in [-0.2, 0) is 0 Å². The number of hydrogen-bond acceptors (Lipinski definition) is 2. The Balaban J connectivity index is 1.80. The Hall–Kier alpha value is -1.51. The topological polar surface area (TPSA) is 23.3 Å². The molecule has 0 N–H and O–H groups in total. The van der Waals surface area contributed by atoms with Gasteiger partial charge in [-0.2, -0.15) is 0 Å². The highest BCUT2D eigenvalue weighted by Gasteiger charge is 2.50. The van der Waals surface area contributed by atoms with Gasteiger partial charge in [-0.15, -0.1) is 0 Å². The first-order valence-corrected chi connectivity index (χ1v) is 7.85. The molecule has 4 atom stereocenters. The zero-order valence-corrected chi connectivity index (χ0v) is 12.2. The van der Waals surface area contributed by atoms with Crippen LogP contribution in [0.3, 0.4) is 0 Å². The number of nitrogens with zero attached hydrogens (tertiary/aromatic N) is 2. The fourth-order valence-corrected chi connectivity index (χ4v) is 4.27. The van der Waals surface area contributed by atoms with Crippen LogP contribution in [0.15, 0.2) is 24.3 Å². The zero-order chi connectivity index (χ0) is 13.9. The predicted octanol–water partition coefficient (Wildman–Crippen LogP) is 2.91. The molecule has 1 aromatic rings. The maximum absolute atomic E-state index is 13.0. The van der Waals surface area contributed by atoms with Gasteiger partial charge < -0.3 is 9.80 Å². The Labute approximate surface area is 120 Å². The third-order valence-electron chi connectivity index (χ3n) is 5.30. The summed E-state index contributed by atoms with van der Waals surface area (Å²) >= 11 is 0. The van der Waals surface area contributed by atoms with E-state index in [-0.39, 0.29) is 5.91 Å². The van der Waals surface area contributed by atoms with Crippen LogP contribution >= 0.6 is 0 Å². The number of rotatable bonds is 0. The molecule has 20 heavy (non-hydrogen) atoms. The van der Waals surface area contributed by atoms with Crippen molar-refractivity contribution in [3.8, 4) is 0 Å². The molecular formula is C17H22N2O. The van der Waals surface area contributed by atoms with Gasteiger partial charge in [-0.1, -0.05) is 19.1 Å². The monoisotopic (exact) mass is 270 g/mol. The molecule has 2 fully saturated rings. The van der Waals surface area contributed by atoms with Gasteiger partial charge in [0.25, 0.3) is 5.91 Å². The Morgan fingerprint density at radius 1 is 1.10 bits per heavy atom. The van der Waals surface area contributed by atoms with E-state index in [1.807, 2.05) is 18.2 Å². The van der Waals surface area contributed by atoms with Crippen LogP contribution in [0.4, 0.5) is 5.69 Å². The van der Waals surface area contributed by atoms with Crippen LogP contribution in [0.1, 0.15) is 43.5 Å². The first-order valence-electron chi connectivity index (χ1n) is 7.85. The van der Waals surface area contributed by atoms with Gasteiger partial charge in [0.15, 0.2) is 0 Å². The minimum atomic E-state index is 0.249. The molecule has 4 unspecified atom stereocenters. The van der Waals surface area contributed by atoms with E-state index in [0.29, 0.717) is 18.1 Å². The lowest BCUT2D eigenvalue weighted by Gasteiger charge is -2.33. The zero-order valence-electron chi connectivity index (χ0n) is 12.2. The molecule has 3 aliphatic rings. The highest BCUT2D eigenvalue weighted by atomic mass is 16.2. The SMILES string of the molecule is CC1CCC2C3CN3c3ccccc3C(=O)N2C(C)C1. The molecule has 0 bridgehead atoms. The van der Waals surface area contributed by atoms with Crippen molar-refractivity contribution in [3.63, 3.8) is 0 Å². The van der Waals surface area contributed by atoms with Gasteiger partial charge in [0.05, 0.1) is 17.6 Å². The van der Waals surface area contributed by atoms with E-state index >= 15 is 0 Å². The van der Waals surface area contributed by atoms with Crippen LogP contribution in [0.2, 0.25) is 0 Å². The maximum Gasteiger partial charge on any atom is 0.256 e. The Kier molecular flexibility index (Phi) is 2.60. The first-order chi connectivity index (χ1) is 9.66. The minimum absolute atomic E-state index is 0.249. The van der Waals surface area contributed by atoms with Gasteiger partial charge in [-0.3, -0.25) is 4.79 Å². The lowest BCUT2D eigenvalue weighted by Crippen LogP contribution is -2.47. The van der Waals surface area contributed by atoms with Crippen LogP contribution in [0, 0.1) is 5.92 Å². The lowest BCUT2D eigenvalue weighted by molar-refractivity contribution is 0.0599. The van der Waals surface area contributed by atoms with Crippen molar-refractivity contribution in [2.24, 2.45) is 5.92 Å². The summed E-state index contributed by atoms with van der Waals surface area (Å²) in [5.74, 6) is 0.978. The third kappa shape index (κ3) is 1.68. The Morgan fingerprint density at radius 3 is 2.75 bits per heavy atom. The van der Waals surface area contributed by atoms with E-state index < -0.39 is 0 Å². The molecule has 0 aliphatic carbocycles. The van der Waals surface area contributed by atoms with E-state index in [1.54, 1.807) is 0 Å². The second kappa shape index (κ2) is 4.24. The smallest absolute Gasteiger partial charge is 0.256 e. The molecule has 3 nitrogen and oxygen atoms in total. The minimum Gasteiger partial charge on any atom is -0.362 e. The van der Waals surface area contributed by atoms with Crippen molar-refractivity contribution < 1.29 is 4.79 Å². The summed E-state index contributed by atoms with van der Waals surface area (Å²) in [6.07, 6.45) is 3.54. The predicted molar refractivity (Wildman–Crippen MR) is 80.0 cm³/mol. The second-order valence-electron chi connectivity index (χ2n) is 6.78. The number of amides is 1. The summed E-state index contributed by atoms with van der Waals surface area (Å²) in [7, 11) is 0. The molecule has 2 saturated heterocycles. The summed E-state index contributed by atoms with van der Waals surface area (Å²) in [6, 6.07) is 9.46. The van der Waals surface area contributed by atoms with E-state index in [0.717, 1.165) is 36.6 Å². The average Bonchev–Trinajstić information content (AvgIpc) is 3.22. The van der Waals surface area contributed by atoms with Crippen molar-refractivity contribution in [3.05, 3.63) is 29.8 Å². The number of para-hydroxylation sites is 1. The molecule has 0 spiro atoms. The normalized spacial score (nSPS) is 35.6. The molecule has 0 aromatic heterocycles. The summed E-state index contributed by atoms with van der Waals surface area (Å²) in [4.78, 5) is 17.6. The number of carbonyl (C=O) groups is 1. The summed E-state index contributed by atoms with van der Waals surface area (Å²) in [5.41, 5.74) is 2.05. The molecule has 3 aliphatic heterocycles. The number of fused-ring (bicyclic) bond motifs is 5. The lowest BCUT2D eigenvalue weighted by atomic mass is 9.99. The van der Waals surface area contributed by atoms with Crippen molar-refractivity contribution in [1.29, 1.82) is 0 Å². The van der Waals surface area contributed by atoms with Crippen LogP contribution < -0.4 is 4.90 Å². The molecule has 106 valence electrons. The van der Waals surface area contributed by atoms with Gasteiger partial charge in [0, 0.05) is 18.3 Å². The molecule has 1 aromatic carbocycles. The third-order valence-corrected chi connectivity index (χ3v) is 5.30. The molecule has 0 saturated carbocycles. The van der Waals surface area contributed by atoms with Crippen molar-refractivity contribution in [2.45, 2.75) is 51.2 Å².